The van der Waals surface area contributed by atoms with Gasteiger partial charge in [-0.25, -0.2) is 0 Å². The van der Waals surface area contributed by atoms with Crippen LogP contribution < -0.4 is 10.2 Å². The highest BCUT2D eigenvalue weighted by atomic mass is 19.4. The molecule has 1 saturated heterocycles. The number of anilines is 1. The van der Waals surface area contributed by atoms with Crippen molar-refractivity contribution in [1.82, 2.24) is 15.1 Å². The second-order valence-electron chi connectivity index (χ2n) is 6.53. The van der Waals surface area contributed by atoms with E-state index in [0.29, 0.717) is 24.8 Å². The third-order valence-electron chi connectivity index (χ3n) is 4.64. The third-order valence-corrected chi connectivity index (χ3v) is 4.64. The molecule has 0 unspecified atom stereocenters. The van der Waals surface area contributed by atoms with Gasteiger partial charge in [-0.3, -0.25) is 4.68 Å². The van der Waals surface area contributed by atoms with Gasteiger partial charge in [0.25, 0.3) is 0 Å². The van der Waals surface area contributed by atoms with Crippen LogP contribution in [0.5, 0.6) is 0 Å². The molecule has 0 bridgehead atoms. The van der Waals surface area contributed by atoms with Gasteiger partial charge in [-0.2, -0.15) is 18.3 Å². The van der Waals surface area contributed by atoms with Crippen molar-refractivity contribution in [3.8, 4) is 0 Å². The number of halogens is 3. The van der Waals surface area contributed by atoms with Gasteiger partial charge in [-0.05, 0) is 31.0 Å². The van der Waals surface area contributed by atoms with Gasteiger partial charge in [0.05, 0.1) is 24.9 Å². The van der Waals surface area contributed by atoms with E-state index in [-0.39, 0.29) is 6.61 Å². The normalized spacial score (nSPS) is 16.2. The Morgan fingerprint density at radius 3 is 2.69 bits per heavy atom. The van der Waals surface area contributed by atoms with Crippen molar-refractivity contribution < 1.29 is 18.3 Å². The van der Waals surface area contributed by atoms with Gasteiger partial charge in [0, 0.05) is 43.1 Å². The quantitative estimate of drug-likeness (QED) is 0.823. The zero-order chi connectivity index (χ0) is 18.6. The van der Waals surface area contributed by atoms with Crippen LogP contribution in [0.4, 0.5) is 18.9 Å². The zero-order valence-electron chi connectivity index (χ0n) is 14.4. The van der Waals surface area contributed by atoms with E-state index in [4.69, 9.17) is 5.11 Å². The molecular weight excluding hydrogens is 345 g/mol. The van der Waals surface area contributed by atoms with Crippen LogP contribution in [-0.2, 0) is 19.3 Å². The van der Waals surface area contributed by atoms with Crippen molar-refractivity contribution in [1.29, 1.82) is 0 Å². The number of aliphatic hydroxyl groups is 1. The molecule has 5 nitrogen and oxygen atoms in total. The van der Waals surface area contributed by atoms with Crippen LogP contribution in [0.3, 0.4) is 0 Å². The average molecular weight is 368 g/mol. The number of benzene rings is 1. The van der Waals surface area contributed by atoms with Crippen molar-refractivity contribution >= 4 is 5.69 Å². The Morgan fingerprint density at radius 1 is 1.23 bits per heavy atom. The molecule has 0 atom stereocenters. The number of nitrogens with one attached hydrogen (secondary N) is 1. The first-order valence-electron chi connectivity index (χ1n) is 8.73. The molecule has 0 spiro atoms. The molecule has 0 amide bonds. The highest BCUT2D eigenvalue weighted by Crippen LogP contribution is 2.32. The van der Waals surface area contributed by atoms with E-state index in [1.165, 1.54) is 12.1 Å². The van der Waals surface area contributed by atoms with Gasteiger partial charge in [0.15, 0.2) is 0 Å². The van der Waals surface area contributed by atoms with E-state index < -0.39 is 11.7 Å². The molecule has 1 aliphatic heterocycles. The second kappa shape index (κ2) is 8.09. The fourth-order valence-corrected chi connectivity index (χ4v) is 3.21. The predicted octanol–water partition coefficient (Wildman–Crippen LogP) is 2.65. The van der Waals surface area contributed by atoms with Crippen molar-refractivity contribution in [3.05, 3.63) is 47.8 Å². The monoisotopic (exact) mass is 368 g/mol. The molecule has 1 aliphatic rings. The molecule has 26 heavy (non-hydrogen) atoms. The Labute approximate surface area is 150 Å². The predicted molar refractivity (Wildman–Crippen MR) is 92.8 cm³/mol. The number of aromatic nitrogens is 2. The van der Waals surface area contributed by atoms with E-state index in [1.807, 2.05) is 11.1 Å². The summed E-state index contributed by atoms with van der Waals surface area (Å²) in [5, 5.41) is 16.5. The molecule has 3 rings (SSSR count). The molecule has 142 valence electrons. The van der Waals surface area contributed by atoms with Crippen LogP contribution >= 0.6 is 0 Å². The standard InChI is InChI=1S/C18H23F3N4O/c19-18(20,21)15-2-1-3-17(10-15)24-6-4-16(5-7-24)22-11-14-12-23-25(13-14)8-9-26/h1-3,10,12-13,16,22,26H,4-9,11H2. The lowest BCUT2D eigenvalue weighted by atomic mass is 10.0. The molecule has 0 saturated carbocycles. The lowest BCUT2D eigenvalue weighted by Crippen LogP contribution is -2.42. The minimum absolute atomic E-state index is 0.0581. The Morgan fingerprint density at radius 2 is 2.00 bits per heavy atom. The van der Waals surface area contributed by atoms with Crippen molar-refractivity contribution in [2.24, 2.45) is 0 Å². The third kappa shape index (κ3) is 4.76. The summed E-state index contributed by atoms with van der Waals surface area (Å²) in [5.41, 5.74) is 1.08. The van der Waals surface area contributed by atoms with Gasteiger partial charge in [-0.1, -0.05) is 6.07 Å². The second-order valence-corrected chi connectivity index (χ2v) is 6.53. The number of piperidine rings is 1. The number of alkyl halides is 3. The van der Waals surface area contributed by atoms with E-state index in [1.54, 1.807) is 16.9 Å². The van der Waals surface area contributed by atoms with E-state index in [2.05, 4.69) is 10.4 Å². The molecule has 0 aliphatic carbocycles. The molecule has 2 aromatic rings. The number of rotatable bonds is 6. The fourth-order valence-electron chi connectivity index (χ4n) is 3.21. The number of aliphatic hydroxyl groups excluding tert-OH is 1. The molecule has 1 aromatic heterocycles. The molecule has 2 N–H and O–H groups in total. The summed E-state index contributed by atoms with van der Waals surface area (Å²) in [6.07, 6.45) is 1.12. The molecular formula is C18H23F3N4O. The summed E-state index contributed by atoms with van der Waals surface area (Å²) in [6.45, 7) is 2.68. The summed E-state index contributed by atoms with van der Waals surface area (Å²) in [5.74, 6) is 0. The highest BCUT2D eigenvalue weighted by molar-refractivity contribution is 5.49. The molecule has 0 radical (unpaired) electrons. The first-order valence-corrected chi connectivity index (χ1v) is 8.73. The molecule has 8 heteroatoms. The maximum Gasteiger partial charge on any atom is 0.416 e. The van der Waals surface area contributed by atoms with Crippen molar-refractivity contribution in [2.75, 3.05) is 24.6 Å². The minimum atomic E-state index is -4.31. The van der Waals surface area contributed by atoms with Crippen LogP contribution in [0.15, 0.2) is 36.7 Å². The Hall–Kier alpha value is -2.06. The Balaban J connectivity index is 1.49. The smallest absolute Gasteiger partial charge is 0.394 e. The topological polar surface area (TPSA) is 53.3 Å². The first-order chi connectivity index (χ1) is 12.5. The van der Waals surface area contributed by atoms with Gasteiger partial charge >= 0.3 is 6.18 Å². The number of hydrogen-bond acceptors (Lipinski definition) is 4. The van der Waals surface area contributed by atoms with Crippen LogP contribution in [0, 0.1) is 0 Å². The lowest BCUT2D eigenvalue weighted by molar-refractivity contribution is -0.137. The van der Waals surface area contributed by atoms with E-state index in [0.717, 1.165) is 37.6 Å². The highest BCUT2D eigenvalue weighted by Gasteiger charge is 2.31. The summed E-state index contributed by atoms with van der Waals surface area (Å²) in [6, 6.07) is 5.86. The Kier molecular flexibility index (Phi) is 5.83. The Bertz CT molecular complexity index is 708. The van der Waals surface area contributed by atoms with Crippen LogP contribution in [0.2, 0.25) is 0 Å². The summed E-state index contributed by atoms with van der Waals surface area (Å²) in [4.78, 5) is 2.01. The maximum atomic E-state index is 12.9. The summed E-state index contributed by atoms with van der Waals surface area (Å²) in [7, 11) is 0. The minimum Gasteiger partial charge on any atom is -0.394 e. The maximum absolute atomic E-state index is 12.9. The lowest BCUT2D eigenvalue weighted by Gasteiger charge is -2.34. The number of nitrogens with zero attached hydrogens (tertiary/aromatic N) is 3. The fraction of sp³-hybridized carbons (Fsp3) is 0.500. The van der Waals surface area contributed by atoms with E-state index in [9.17, 15) is 13.2 Å². The van der Waals surface area contributed by atoms with Crippen LogP contribution in [0.25, 0.3) is 0 Å². The van der Waals surface area contributed by atoms with E-state index >= 15 is 0 Å². The van der Waals surface area contributed by atoms with Gasteiger partial charge in [0.2, 0.25) is 0 Å². The van der Waals surface area contributed by atoms with Crippen LogP contribution in [-0.4, -0.2) is 40.6 Å². The SMILES string of the molecule is OCCn1cc(CNC2CCN(c3cccc(C(F)(F)F)c3)CC2)cn1. The summed E-state index contributed by atoms with van der Waals surface area (Å²) >= 11 is 0. The first kappa shape index (κ1) is 18.7. The molecule has 1 fully saturated rings. The number of hydrogen-bond donors (Lipinski definition) is 2. The molecule has 1 aromatic carbocycles. The van der Waals surface area contributed by atoms with Crippen molar-refractivity contribution in [2.45, 2.75) is 38.1 Å². The average Bonchev–Trinajstić information content (AvgIpc) is 3.08. The largest absolute Gasteiger partial charge is 0.416 e. The van der Waals surface area contributed by atoms with Gasteiger partial charge in [0.1, 0.15) is 0 Å². The molecule has 2 heterocycles. The van der Waals surface area contributed by atoms with Gasteiger partial charge in [-0.15, -0.1) is 0 Å². The van der Waals surface area contributed by atoms with Gasteiger partial charge < -0.3 is 15.3 Å². The summed E-state index contributed by atoms with van der Waals surface area (Å²) < 4.78 is 40.3. The van der Waals surface area contributed by atoms with Crippen molar-refractivity contribution in [3.63, 3.8) is 0 Å². The zero-order valence-corrected chi connectivity index (χ0v) is 14.4. The van der Waals surface area contributed by atoms with Crippen LogP contribution in [0.1, 0.15) is 24.0 Å².